The first-order chi connectivity index (χ1) is 14.1. The fraction of sp³-hybridized carbons (Fsp3) is 0.619. The standard InChI is InChI=1S/C21H26ClN5O2/c22-16-12-23-13-17(24-16)26-9-7-25(8-10-26)5-1-2-6-27-20(28)18-14-3-4-15(11-14)19(18)21(27)29/h3-4,12-15,18-19H,1-2,5-11H2. The number of imide groups is 1. The van der Waals surface area contributed by atoms with Gasteiger partial charge in [-0.3, -0.25) is 24.4 Å². The summed E-state index contributed by atoms with van der Waals surface area (Å²) in [5.74, 6) is 1.44. The van der Waals surface area contributed by atoms with Gasteiger partial charge in [0, 0.05) is 32.7 Å². The number of carbonyl (C=O) groups is 2. The van der Waals surface area contributed by atoms with Crippen LogP contribution in [0.3, 0.4) is 0 Å². The number of likely N-dealkylation sites (tertiary alicyclic amines) is 1. The van der Waals surface area contributed by atoms with Crippen molar-refractivity contribution < 1.29 is 9.59 Å². The molecule has 1 saturated carbocycles. The minimum atomic E-state index is -0.0693. The lowest BCUT2D eigenvalue weighted by Gasteiger charge is -2.35. The van der Waals surface area contributed by atoms with E-state index in [2.05, 4.69) is 31.9 Å². The smallest absolute Gasteiger partial charge is 0.233 e. The van der Waals surface area contributed by atoms with Gasteiger partial charge in [0.15, 0.2) is 0 Å². The number of amides is 2. The number of hydrogen-bond donors (Lipinski definition) is 0. The van der Waals surface area contributed by atoms with Crippen LogP contribution < -0.4 is 4.90 Å². The maximum absolute atomic E-state index is 12.7. The normalized spacial score (nSPS) is 31.2. The second-order valence-electron chi connectivity index (χ2n) is 8.56. The van der Waals surface area contributed by atoms with E-state index in [9.17, 15) is 9.59 Å². The lowest BCUT2D eigenvalue weighted by atomic mass is 9.85. The summed E-state index contributed by atoms with van der Waals surface area (Å²) in [5, 5.41) is 0.420. The molecule has 0 radical (unpaired) electrons. The second kappa shape index (κ2) is 7.69. The molecule has 4 aliphatic rings. The monoisotopic (exact) mass is 415 g/mol. The fourth-order valence-electron chi connectivity index (χ4n) is 5.48. The Morgan fingerprint density at radius 3 is 2.24 bits per heavy atom. The zero-order valence-electron chi connectivity index (χ0n) is 16.4. The third-order valence-electron chi connectivity index (χ3n) is 6.96. The Bertz CT molecular complexity index is 808. The summed E-state index contributed by atoms with van der Waals surface area (Å²) in [6, 6.07) is 0. The van der Waals surface area contributed by atoms with Crippen LogP contribution in [0.15, 0.2) is 24.5 Å². The predicted molar refractivity (Wildman–Crippen MR) is 109 cm³/mol. The van der Waals surface area contributed by atoms with Gasteiger partial charge in [-0.05, 0) is 37.6 Å². The van der Waals surface area contributed by atoms with Crippen LogP contribution >= 0.6 is 11.6 Å². The van der Waals surface area contributed by atoms with Crippen LogP contribution in [-0.4, -0.2) is 70.9 Å². The molecule has 0 aromatic carbocycles. The van der Waals surface area contributed by atoms with Gasteiger partial charge in [0.2, 0.25) is 11.8 Å². The minimum absolute atomic E-state index is 0.0693. The summed E-state index contributed by atoms with van der Waals surface area (Å²) in [7, 11) is 0. The van der Waals surface area contributed by atoms with Gasteiger partial charge in [-0.2, -0.15) is 0 Å². The molecule has 3 fully saturated rings. The van der Waals surface area contributed by atoms with E-state index in [1.807, 2.05) is 0 Å². The van der Waals surface area contributed by atoms with Crippen LogP contribution in [0.25, 0.3) is 0 Å². The van der Waals surface area contributed by atoms with Gasteiger partial charge in [-0.1, -0.05) is 23.8 Å². The van der Waals surface area contributed by atoms with Crippen molar-refractivity contribution in [3.63, 3.8) is 0 Å². The first kappa shape index (κ1) is 19.0. The van der Waals surface area contributed by atoms with Gasteiger partial charge in [0.05, 0.1) is 24.2 Å². The van der Waals surface area contributed by atoms with Crippen LogP contribution in [0.5, 0.6) is 0 Å². The van der Waals surface area contributed by atoms with Crippen LogP contribution in [0.4, 0.5) is 5.82 Å². The predicted octanol–water partition coefficient (Wildman–Crippen LogP) is 1.84. The summed E-state index contributed by atoms with van der Waals surface area (Å²) in [4.78, 5) is 40.1. The van der Waals surface area contributed by atoms with Crippen LogP contribution in [0.1, 0.15) is 19.3 Å². The zero-order valence-corrected chi connectivity index (χ0v) is 17.2. The second-order valence-corrected chi connectivity index (χ2v) is 8.95. The van der Waals surface area contributed by atoms with Crippen molar-refractivity contribution in [1.82, 2.24) is 19.8 Å². The van der Waals surface area contributed by atoms with Gasteiger partial charge < -0.3 is 4.90 Å². The summed E-state index contributed by atoms with van der Waals surface area (Å²) in [5.41, 5.74) is 0. The Labute approximate surface area is 175 Å². The maximum atomic E-state index is 12.7. The highest BCUT2D eigenvalue weighted by Crippen LogP contribution is 2.52. The topological polar surface area (TPSA) is 69.6 Å². The number of hydrogen-bond acceptors (Lipinski definition) is 6. The lowest BCUT2D eigenvalue weighted by Crippen LogP contribution is -2.47. The molecule has 1 aromatic heterocycles. The molecule has 7 nitrogen and oxygen atoms in total. The molecule has 29 heavy (non-hydrogen) atoms. The fourth-order valence-corrected chi connectivity index (χ4v) is 5.62. The van der Waals surface area contributed by atoms with Crippen molar-refractivity contribution in [2.24, 2.45) is 23.7 Å². The Hall–Kier alpha value is -1.99. The van der Waals surface area contributed by atoms with Crippen molar-refractivity contribution in [3.05, 3.63) is 29.7 Å². The molecule has 3 heterocycles. The molecule has 8 heteroatoms. The molecule has 2 aliphatic carbocycles. The first-order valence-corrected chi connectivity index (χ1v) is 11.0. The number of rotatable bonds is 6. The van der Waals surface area contributed by atoms with E-state index < -0.39 is 0 Å². The first-order valence-electron chi connectivity index (χ1n) is 10.6. The molecule has 2 saturated heterocycles. The molecule has 4 atom stereocenters. The molecule has 2 aliphatic heterocycles. The van der Waals surface area contributed by atoms with Gasteiger partial charge in [0.25, 0.3) is 0 Å². The molecule has 0 spiro atoms. The van der Waals surface area contributed by atoms with E-state index >= 15 is 0 Å². The molecular formula is C21H26ClN5O2. The number of halogens is 1. The molecule has 2 amide bonds. The molecule has 0 N–H and O–H groups in total. The van der Waals surface area contributed by atoms with E-state index in [4.69, 9.17) is 11.6 Å². The highest BCUT2D eigenvalue weighted by Gasteiger charge is 2.58. The third kappa shape index (κ3) is 3.44. The molecule has 1 aromatic rings. The number of anilines is 1. The number of aromatic nitrogens is 2. The van der Waals surface area contributed by atoms with Crippen molar-refractivity contribution in [3.8, 4) is 0 Å². The van der Waals surface area contributed by atoms with Crippen molar-refractivity contribution >= 4 is 29.2 Å². The average molecular weight is 416 g/mol. The number of piperazine rings is 1. The molecule has 154 valence electrons. The largest absolute Gasteiger partial charge is 0.353 e. The molecule has 5 rings (SSSR count). The number of nitrogens with zero attached hydrogens (tertiary/aromatic N) is 5. The Morgan fingerprint density at radius 1 is 0.931 bits per heavy atom. The maximum Gasteiger partial charge on any atom is 0.233 e. The highest BCUT2D eigenvalue weighted by atomic mass is 35.5. The van der Waals surface area contributed by atoms with E-state index in [0.717, 1.165) is 57.8 Å². The summed E-state index contributed by atoms with van der Waals surface area (Å²) in [6.45, 7) is 5.30. The molecular weight excluding hydrogens is 390 g/mol. The Kier molecular flexibility index (Phi) is 5.04. The summed E-state index contributed by atoms with van der Waals surface area (Å²) in [6.07, 6.45) is 10.5. The van der Waals surface area contributed by atoms with Gasteiger partial charge in [0.1, 0.15) is 11.0 Å². The van der Waals surface area contributed by atoms with E-state index in [0.29, 0.717) is 23.5 Å². The van der Waals surface area contributed by atoms with Gasteiger partial charge >= 0.3 is 0 Å². The average Bonchev–Trinajstić information content (AvgIpc) is 3.41. The zero-order chi connectivity index (χ0) is 20.0. The van der Waals surface area contributed by atoms with E-state index in [-0.39, 0.29) is 23.7 Å². The summed E-state index contributed by atoms with van der Waals surface area (Å²) < 4.78 is 0. The van der Waals surface area contributed by atoms with E-state index in [1.54, 1.807) is 17.3 Å². The summed E-state index contributed by atoms with van der Waals surface area (Å²) >= 11 is 5.94. The van der Waals surface area contributed by atoms with Crippen molar-refractivity contribution in [1.29, 1.82) is 0 Å². The van der Waals surface area contributed by atoms with E-state index in [1.165, 1.54) is 0 Å². The SMILES string of the molecule is O=C1C2C3C=CC(C3)C2C(=O)N1CCCCN1CCN(c2cncc(Cl)n2)CC1. The van der Waals surface area contributed by atoms with Gasteiger partial charge in [-0.15, -0.1) is 0 Å². The van der Waals surface area contributed by atoms with Crippen LogP contribution in [0, 0.1) is 23.7 Å². The number of unbranched alkanes of at least 4 members (excludes halogenated alkanes) is 1. The number of allylic oxidation sites excluding steroid dienone is 2. The lowest BCUT2D eigenvalue weighted by molar-refractivity contribution is -0.140. The van der Waals surface area contributed by atoms with Crippen LogP contribution in [0.2, 0.25) is 5.15 Å². The number of carbonyl (C=O) groups excluding carboxylic acids is 2. The van der Waals surface area contributed by atoms with Crippen molar-refractivity contribution in [2.45, 2.75) is 19.3 Å². The van der Waals surface area contributed by atoms with Crippen LogP contribution in [-0.2, 0) is 9.59 Å². The minimum Gasteiger partial charge on any atom is -0.353 e. The molecule has 4 unspecified atom stereocenters. The number of fused-ring (bicyclic) bond motifs is 5. The molecule has 2 bridgehead atoms. The Balaban J connectivity index is 1.05. The Morgan fingerprint density at radius 2 is 1.59 bits per heavy atom. The highest BCUT2D eigenvalue weighted by molar-refractivity contribution is 6.29. The third-order valence-corrected chi connectivity index (χ3v) is 7.14. The van der Waals surface area contributed by atoms with Gasteiger partial charge in [-0.25, -0.2) is 4.98 Å². The van der Waals surface area contributed by atoms with Crippen molar-refractivity contribution in [2.75, 3.05) is 44.2 Å². The quantitative estimate of drug-likeness (QED) is 0.401.